The van der Waals surface area contributed by atoms with Crippen molar-refractivity contribution < 1.29 is 13.7 Å². The van der Waals surface area contributed by atoms with Gasteiger partial charge in [0.25, 0.3) is 0 Å². The number of halogens is 1. The van der Waals surface area contributed by atoms with Crippen molar-refractivity contribution in [2.24, 2.45) is 0 Å². The summed E-state index contributed by atoms with van der Waals surface area (Å²) < 4.78 is 23.8. The predicted molar refractivity (Wildman–Crippen MR) is 76.0 cm³/mol. The number of aromatic nitrogens is 2. The van der Waals surface area contributed by atoms with E-state index in [1.165, 1.54) is 6.07 Å². The molecule has 21 heavy (non-hydrogen) atoms. The van der Waals surface area contributed by atoms with Gasteiger partial charge >= 0.3 is 6.01 Å². The fraction of sp³-hybridized carbons (Fsp3) is 0.0667. The SMILES string of the molecule is COc1cccc(Nc2nc(-c3ccccc3F)no2)c1. The summed E-state index contributed by atoms with van der Waals surface area (Å²) in [5, 5.41) is 6.71. The molecule has 0 aliphatic rings. The number of nitrogens with zero attached hydrogens (tertiary/aromatic N) is 2. The van der Waals surface area contributed by atoms with Gasteiger partial charge in [-0.1, -0.05) is 23.4 Å². The van der Waals surface area contributed by atoms with Crippen LogP contribution in [-0.2, 0) is 0 Å². The lowest BCUT2D eigenvalue weighted by molar-refractivity contribution is 0.415. The van der Waals surface area contributed by atoms with Crippen LogP contribution in [-0.4, -0.2) is 17.3 Å². The molecular formula is C15H12FN3O2. The molecule has 0 unspecified atom stereocenters. The first-order valence-corrected chi connectivity index (χ1v) is 6.26. The van der Waals surface area contributed by atoms with E-state index in [-0.39, 0.29) is 11.8 Å². The molecule has 6 heteroatoms. The topological polar surface area (TPSA) is 60.2 Å². The fourth-order valence-corrected chi connectivity index (χ4v) is 1.85. The van der Waals surface area contributed by atoms with Crippen LogP contribution in [0.25, 0.3) is 11.4 Å². The Kier molecular flexibility index (Phi) is 3.51. The minimum atomic E-state index is -0.397. The van der Waals surface area contributed by atoms with Crippen molar-refractivity contribution in [3.8, 4) is 17.1 Å². The first-order valence-electron chi connectivity index (χ1n) is 6.26. The second kappa shape index (κ2) is 5.62. The van der Waals surface area contributed by atoms with E-state index in [9.17, 15) is 4.39 Å². The monoisotopic (exact) mass is 285 g/mol. The molecular weight excluding hydrogens is 273 g/mol. The van der Waals surface area contributed by atoms with E-state index >= 15 is 0 Å². The van der Waals surface area contributed by atoms with Gasteiger partial charge in [0.2, 0.25) is 5.82 Å². The van der Waals surface area contributed by atoms with Crippen molar-refractivity contribution >= 4 is 11.7 Å². The van der Waals surface area contributed by atoms with Gasteiger partial charge in [0.05, 0.1) is 12.7 Å². The molecule has 0 spiro atoms. The van der Waals surface area contributed by atoms with Crippen molar-refractivity contribution in [1.82, 2.24) is 10.1 Å². The van der Waals surface area contributed by atoms with Crippen LogP contribution in [0.2, 0.25) is 0 Å². The van der Waals surface area contributed by atoms with Gasteiger partial charge in [-0.15, -0.1) is 0 Å². The first kappa shape index (κ1) is 13.1. The molecule has 0 fully saturated rings. The standard InChI is InChI=1S/C15H12FN3O2/c1-20-11-6-4-5-10(9-11)17-15-18-14(19-21-15)12-7-2-3-8-13(12)16/h2-9H,1H3,(H,17,18,19). The van der Waals surface area contributed by atoms with Gasteiger partial charge in [0.1, 0.15) is 11.6 Å². The summed E-state index contributed by atoms with van der Waals surface area (Å²) in [6.07, 6.45) is 0. The summed E-state index contributed by atoms with van der Waals surface area (Å²) in [7, 11) is 1.59. The highest BCUT2D eigenvalue weighted by Crippen LogP contribution is 2.24. The Morgan fingerprint density at radius 3 is 2.81 bits per heavy atom. The first-order chi connectivity index (χ1) is 10.3. The molecule has 106 valence electrons. The van der Waals surface area contributed by atoms with Crippen LogP contribution in [0.3, 0.4) is 0 Å². The normalized spacial score (nSPS) is 10.4. The third kappa shape index (κ3) is 2.84. The van der Waals surface area contributed by atoms with Crippen LogP contribution in [0, 0.1) is 5.82 Å². The molecule has 0 aliphatic heterocycles. The predicted octanol–water partition coefficient (Wildman–Crippen LogP) is 3.63. The number of hydrogen-bond acceptors (Lipinski definition) is 5. The van der Waals surface area contributed by atoms with Crippen LogP contribution in [0.5, 0.6) is 5.75 Å². The lowest BCUT2D eigenvalue weighted by Crippen LogP contribution is -1.92. The average Bonchev–Trinajstić information content (AvgIpc) is 2.96. The molecule has 2 aromatic carbocycles. The van der Waals surface area contributed by atoms with E-state index in [1.807, 2.05) is 18.2 Å². The minimum absolute atomic E-state index is 0.182. The van der Waals surface area contributed by atoms with Gasteiger partial charge in [-0.2, -0.15) is 4.98 Å². The molecule has 3 aromatic rings. The highest BCUT2D eigenvalue weighted by molar-refractivity contribution is 5.59. The molecule has 0 bridgehead atoms. The maximum absolute atomic E-state index is 13.7. The van der Waals surface area contributed by atoms with E-state index in [4.69, 9.17) is 9.26 Å². The maximum Gasteiger partial charge on any atom is 0.326 e. The molecule has 0 saturated heterocycles. The lowest BCUT2D eigenvalue weighted by atomic mass is 10.2. The van der Waals surface area contributed by atoms with E-state index in [0.29, 0.717) is 11.3 Å². The fourth-order valence-electron chi connectivity index (χ4n) is 1.85. The summed E-state index contributed by atoms with van der Waals surface area (Å²) >= 11 is 0. The molecule has 0 saturated carbocycles. The Hall–Kier alpha value is -2.89. The van der Waals surface area contributed by atoms with Gasteiger partial charge in [-0.3, -0.25) is 0 Å². The van der Waals surface area contributed by atoms with Crippen LogP contribution < -0.4 is 10.1 Å². The van der Waals surface area contributed by atoms with Gasteiger partial charge < -0.3 is 14.6 Å². The number of anilines is 2. The third-order valence-corrected chi connectivity index (χ3v) is 2.86. The second-order valence-electron chi connectivity index (χ2n) is 4.26. The molecule has 1 aromatic heterocycles. The minimum Gasteiger partial charge on any atom is -0.497 e. The molecule has 5 nitrogen and oxygen atoms in total. The second-order valence-corrected chi connectivity index (χ2v) is 4.26. The Balaban J connectivity index is 1.84. The zero-order valence-corrected chi connectivity index (χ0v) is 11.2. The number of hydrogen-bond donors (Lipinski definition) is 1. The molecule has 1 heterocycles. The van der Waals surface area contributed by atoms with Crippen LogP contribution in [0.1, 0.15) is 0 Å². The number of benzene rings is 2. The summed E-state index contributed by atoms with van der Waals surface area (Å²) in [6.45, 7) is 0. The van der Waals surface area contributed by atoms with Crippen molar-refractivity contribution in [1.29, 1.82) is 0 Å². The molecule has 3 rings (SSSR count). The highest BCUT2D eigenvalue weighted by Gasteiger charge is 2.12. The number of rotatable bonds is 4. The zero-order chi connectivity index (χ0) is 14.7. The smallest absolute Gasteiger partial charge is 0.326 e. The number of methoxy groups -OCH3 is 1. The van der Waals surface area contributed by atoms with Gasteiger partial charge in [0.15, 0.2) is 0 Å². The quantitative estimate of drug-likeness (QED) is 0.793. The summed E-state index contributed by atoms with van der Waals surface area (Å²) in [5.41, 5.74) is 1.03. The molecule has 0 amide bonds. The van der Waals surface area contributed by atoms with E-state index < -0.39 is 5.82 Å². The summed E-state index contributed by atoms with van der Waals surface area (Å²) in [5.74, 6) is 0.499. The molecule has 0 radical (unpaired) electrons. The van der Waals surface area contributed by atoms with Crippen molar-refractivity contribution in [2.45, 2.75) is 0 Å². The summed E-state index contributed by atoms with van der Waals surface area (Å²) in [4.78, 5) is 4.12. The van der Waals surface area contributed by atoms with Crippen LogP contribution >= 0.6 is 0 Å². The van der Waals surface area contributed by atoms with Gasteiger partial charge in [-0.25, -0.2) is 4.39 Å². The Morgan fingerprint density at radius 1 is 1.14 bits per heavy atom. The third-order valence-electron chi connectivity index (χ3n) is 2.86. The molecule has 1 N–H and O–H groups in total. The van der Waals surface area contributed by atoms with E-state index in [0.717, 1.165) is 5.69 Å². The Labute approximate surface area is 120 Å². The van der Waals surface area contributed by atoms with Crippen molar-refractivity contribution in [2.75, 3.05) is 12.4 Å². The zero-order valence-electron chi connectivity index (χ0n) is 11.2. The highest BCUT2D eigenvalue weighted by atomic mass is 19.1. The lowest BCUT2D eigenvalue weighted by Gasteiger charge is -2.03. The number of nitrogens with one attached hydrogen (secondary N) is 1. The van der Waals surface area contributed by atoms with Gasteiger partial charge in [0, 0.05) is 11.8 Å². The Morgan fingerprint density at radius 2 is 2.00 bits per heavy atom. The van der Waals surface area contributed by atoms with Crippen molar-refractivity contribution in [3.05, 3.63) is 54.3 Å². The van der Waals surface area contributed by atoms with Gasteiger partial charge in [-0.05, 0) is 24.3 Å². The van der Waals surface area contributed by atoms with Crippen LogP contribution in [0.4, 0.5) is 16.1 Å². The Bertz CT molecular complexity index is 758. The average molecular weight is 285 g/mol. The van der Waals surface area contributed by atoms with E-state index in [2.05, 4.69) is 15.5 Å². The summed E-state index contributed by atoms with van der Waals surface area (Å²) in [6, 6.07) is 13.7. The number of ether oxygens (including phenoxy) is 1. The van der Waals surface area contributed by atoms with E-state index in [1.54, 1.807) is 31.4 Å². The van der Waals surface area contributed by atoms with Crippen molar-refractivity contribution in [3.63, 3.8) is 0 Å². The maximum atomic E-state index is 13.7. The molecule has 0 aliphatic carbocycles. The largest absolute Gasteiger partial charge is 0.497 e. The molecule has 0 atom stereocenters. The van der Waals surface area contributed by atoms with Crippen LogP contribution in [0.15, 0.2) is 53.1 Å².